The maximum Gasteiger partial charge on any atom is 0.261 e. The Balaban J connectivity index is 1.87. The van der Waals surface area contributed by atoms with Crippen LogP contribution in [0.4, 0.5) is 5.69 Å². The molecule has 2 aromatic rings. The number of aryl methyl sites for hydroxylation is 2. The molecule has 0 atom stereocenters. The van der Waals surface area contributed by atoms with Crippen LogP contribution < -0.4 is 4.72 Å². The van der Waals surface area contributed by atoms with Crippen molar-refractivity contribution in [3.8, 4) is 0 Å². The Morgan fingerprint density at radius 2 is 1.79 bits per heavy atom. The van der Waals surface area contributed by atoms with E-state index in [0.717, 1.165) is 24.8 Å². The summed E-state index contributed by atoms with van der Waals surface area (Å²) in [6, 6.07) is 11.8. The van der Waals surface area contributed by atoms with Gasteiger partial charge in [-0.05, 0) is 60.7 Å². The molecule has 1 aliphatic carbocycles. The number of benzene rings is 2. The molecule has 0 spiro atoms. The van der Waals surface area contributed by atoms with Crippen molar-refractivity contribution in [1.29, 1.82) is 0 Å². The van der Waals surface area contributed by atoms with Crippen LogP contribution in [0.3, 0.4) is 0 Å². The Bertz CT molecular complexity index is 889. The van der Waals surface area contributed by atoms with Gasteiger partial charge in [-0.25, -0.2) is 8.42 Å². The first-order valence-electron chi connectivity index (χ1n) is 7.83. The Kier molecular flexibility index (Phi) is 4.32. The van der Waals surface area contributed by atoms with Gasteiger partial charge in [0.05, 0.1) is 4.90 Å². The first kappa shape index (κ1) is 16.5. The molecule has 1 N–H and O–H groups in total. The van der Waals surface area contributed by atoms with E-state index in [4.69, 9.17) is 0 Å². The molecular weight excluding hydrogens is 324 g/mol. The number of nitrogens with zero attached hydrogens (tertiary/aromatic N) is 1. The topological polar surface area (TPSA) is 66.5 Å². The van der Waals surface area contributed by atoms with Gasteiger partial charge in [-0.15, -0.1) is 0 Å². The van der Waals surface area contributed by atoms with Gasteiger partial charge in [-0.2, -0.15) is 0 Å². The predicted molar refractivity (Wildman–Crippen MR) is 93.7 cm³/mol. The van der Waals surface area contributed by atoms with Crippen LogP contribution in [0.2, 0.25) is 0 Å². The summed E-state index contributed by atoms with van der Waals surface area (Å²) in [6.07, 6.45) is 3.00. The van der Waals surface area contributed by atoms with E-state index in [2.05, 4.69) is 4.72 Å². The maximum atomic E-state index is 12.6. The van der Waals surface area contributed by atoms with Crippen molar-refractivity contribution in [3.05, 3.63) is 59.2 Å². The van der Waals surface area contributed by atoms with E-state index in [1.54, 1.807) is 50.5 Å². The highest BCUT2D eigenvalue weighted by atomic mass is 32.2. The quantitative estimate of drug-likeness (QED) is 0.927. The molecule has 0 saturated heterocycles. The first-order chi connectivity index (χ1) is 11.4. The molecular formula is C18H20N2O3S. The second kappa shape index (κ2) is 6.28. The summed E-state index contributed by atoms with van der Waals surface area (Å²) >= 11 is 0. The summed E-state index contributed by atoms with van der Waals surface area (Å²) in [6.45, 7) is 0. The summed E-state index contributed by atoms with van der Waals surface area (Å²) in [5.41, 5.74) is 3.15. The number of amides is 1. The smallest absolute Gasteiger partial charge is 0.261 e. The van der Waals surface area contributed by atoms with E-state index < -0.39 is 10.0 Å². The third-order valence-electron chi connectivity index (χ3n) is 4.15. The predicted octanol–water partition coefficient (Wildman–Crippen LogP) is 2.68. The van der Waals surface area contributed by atoms with Gasteiger partial charge in [0.1, 0.15) is 0 Å². The molecule has 0 heterocycles. The van der Waals surface area contributed by atoms with Crippen LogP contribution in [0.15, 0.2) is 47.4 Å². The number of hydrogen-bond donors (Lipinski definition) is 1. The highest BCUT2D eigenvalue weighted by Crippen LogP contribution is 2.26. The third kappa shape index (κ3) is 3.28. The molecule has 2 aromatic carbocycles. The fraction of sp³-hybridized carbons (Fsp3) is 0.278. The number of hydrogen-bond acceptors (Lipinski definition) is 3. The van der Waals surface area contributed by atoms with Gasteiger partial charge in [0.25, 0.3) is 15.9 Å². The number of nitrogens with one attached hydrogen (secondary N) is 1. The molecule has 0 aliphatic heterocycles. The molecule has 5 nitrogen and oxygen atoms in total. The van der Waals surface area contributed by atoms with Crippen LogP contribution in [0.5, 0.6) is 0 Å². The molecule has 3 rings (SSSR count). The standard InChI is InChI=1S/C18H20N2O3S/c1-20(2)18(21)15-7-4-8-16(11-15)19-24(22,23)17-10-9-13-5-3-6-14(13)12-17/h4,7-12,19H,3,5-6H2,1-2H3. The summed E-state index contributed by atoms with van der Waals surface area (Å²) in [5, 5.41) is 0. The Morgan fingerprint density at radius 3 is 2.54 bits per heavy atom. The minimum absolute atomic E-state index is 0.173. The summed E-state index contributed by atoms with van der Waals surface area (Å²) < 4.78 is 27.8. The number of carbonyl (C=O) groups excluding carboxylic acids is 1. The van der Waals surface area contributed by atoms with Crippen molar-refractivity contribution in [2.75, 3.05) is 18.8 Å². The third-order valence-corrected chi connectivity index (χ3v) is 5.53. The second-order valence-electron chi connectivity index (χ2n) is 6.17. The molecule has 0 fully saturated rings. The van der Waals surface area contributed by atoms with Gasteiger partial charge in [0, 0.05) is 25.3 Å². The average molecular weight is 344 g/mol. The van der Waals surface area contributed by atoms with Gasteiger partial charge in [0.15, 0.2) is 0 Å². The van der Waals surface area contributed by atoms with E-state index >= 15 is 0 Å². The molecule has 1 amide bonds. The zero-order valence-corrected chi connectivity index (χ0v) is 14.6. The minimum atomic E-state index is -3.67. The molecule has 0 unspecified atom stereocenters. The molecule has 0 radical (unpaired) electrons. The molecule has 24 heavy (non-hydrogen) atoms. The lowest BCUT2D eigenvalue weighted by atomic mass is 10.1. The van der Waals surface area contributed by atoms with Crippen LogP contribution in [0, 0.1) is 0 Å². The van der Waals surface area contributed by atoms with Crippen molar-refractivity contribution < 1.29 is 13.2 Å². The van der Waals surface area contributed by atoms with Crippen LogP contribution in [0.1, 0.15) is 27.9 Å². The zero-order chi connectivity index (χ0) is 17.3. The zero-order valence-electron chi connectivity index (χ0n) is 13.7. The van der Waals surface area contributed by atoms with E-state index in [9.17, 15) is 13.2 Å². The Morgan fingerprint density at radius 1 is 1.04 bits per heavy atom. The lowest BCUT2D eigenvalue weighted by Crippen LogP contribution is -2.22. The van der Waals surface area contributed by atoms with Crippen LogP contribution in [-0.4, -0.2) is 33.3 Å². The van der Waals surface area contributed by atoms with Crippen LogP contribution >= 0.6 is 0 Å². The van der Waals surface area contributed by atoms with Crippen molar-refractivity contribution in [1.82, 2.24) is 4.90 Å². The number of sulfonamides is 1. The van der Waals surface area contributed by atoms with Gasteiger partial charge in [-0.1, -0.05) is 12.1 Å². The monoisotopic (exact) mass is 344 g/mol. The normalized spacial score (nSPS) is 13.4. The van der Waals surface area contributed by atoms with E-state index in [-0.39, 0.29) is 10.8 Å². The highest BCUT2D eigenvalue weighted by Gasteiger charge is 2.19. The van der Waals surface area contributed by atoms with E-state index in [0.29, 0.717) is 11.3 Å². The lowest BCUT2D eigenvalue weighted by molar-refractivity contribution is 0.0827. The molecule has 0 aromatic heterocycles. The van der Waals surface area contributed by atoms with Crippen molar-refractivity contribution in [2.45, 2.75) is 24.2 Å². The Labute approximate surface area is 142 Å². The Hall–Kier alpha value is -2.34. The van der Waals surface area contributed by atoms with Crippen LogP contribution in [0.25, 0.3) is 0 Å². The first-order valence-corrected chi connectivity index (χ1v) is 9.31. The summed E-state index contributed by atoms with van der Waals surface area (Å²) in [5.74, 6) is -0.173. The maximum absolute atomic E-state index is 12.6. The fourth-order valence-corrected chi connectivity index (χ4v) is 4.00. The molecule has 1 aliphatic rings. The summed E-state index contributed by atoms with van der Waals surface area (Å²) in [7, 11) is -0.360. The van der Waals surface area contributed by atoms with E-state index in [1.807, 2.05) is 6.07 Å². The van der Waals surface area contributed by atoms with Crippen LogP contribution in [-0.2, 0) is 22.9 Å². The largest absolute Gasteiger partial charge is 0.345 e. The molecule has 0 bridgehead atoms. The molecule has 126 valence electrons. The second-order valence-corrected chi connectivity index (χ2v) is 7.85. The average Bonchev–Trinajstić information content (AvgIpc) is 3.01. The summed E-state index contributed by atoms with van der Waals surface area (Å²) in [4.78, 5) is 13.7. The van der Waals surface area contributed by atoms with Crippen molar-refractivity contribution in [3.63, 3.8) is 0 Å². The molecule has 6 heteroatoms. The fourth-order valence-electron chi connectivity index (χ4n) is 2.90. The lowest BCUT2D eigenvalue weighted by Gasteiger charge is -2.13. The number of fused-ring (bicyclic) bond motifs is 1. The van der Waals surface area contributed by atoms with Gasteiger partial charge in [0.2, 0.25) is 0 Å². The number of anilines is 1. The van der Waals surface area contributed by atoms with Crippen molar-refractivity contribution in [2.24, 2.45) is 0 Å². The number of rotatable bonds is 4. The number of carbonyl (C=O) groups is 1. The van der Waals surface area contributed by atoms with Crippen molar-refractivity contribution >= 4 is 21.6 Å². The minimum Gasteiger partial charge on any atom is -0.345 e. The van der Waals surface area contributed by atoms with Gasteiger partial charge < -0.3 is 4.90 Å². The highest BCUT2D eigenvalue weighted by molar-refractivity contribution is 7.92. The SMILES string of the molecule is CN(C)C(=O)c1cccc(NS(=O)(=O)c2ccc3c(c2)CCC3)c1. The van der Waals surface area contributed by atoms with Gasteiger partial charge >= 0.3 is 0 Å². The van der Waals surface area contributed by atoms with Gasteiger partial charge in [-0.3, -0.25) is 9.52 Å². The van der Waals surface area contributed by atoms with E-state index in [1.165, 1.54) is 10.5 Å². The molecule has 0 saturated carbocycles.